The summed E-state index contributed by atoms with van der Waals surface area (Å²) in [5.74, 6) is 0.179. The van der Waals surface area contributed by atoms with Crippen LogP contribution in [0.25, 0.3) is 10.9 Å². The minimum Gasteiger partial charge on any atom is -0.383 e. The molecule has 1 aromatic carbocycles. The summed E-state index contributed by atoms with van der Waals surface area (Å²) in [7, 11) is 0. The fourth-order valence-electron chi connectivity index (χ4n) is 4.67. The average molecular weight is 492 g/mol. The Hall–Kier alpha value is -4.01. The molecule has 3 heterocycles. The molecule has 0 radical (unpaired) electrons. The molecule has 1 aliphatic carbocycles. The van der Waals surface area contributed by atoms with E-state index in [0.717, 1.165) is 47.3 Å². The number of hydrogen-bond donors (Lipinski definition) is 1. The highest BCUT2D eigenvalue weighted by Crippen LogP contribution is 2.35. The molecule has 1 aliphatic rings. The van der Waals surface area contributed by atoms with Crippen LogP contribution in [0.5, 0.6) is 0 Å². The number of amides is 1. The van der Waals surface area contributed by atoms with Crippen LogP contribution in [0.15, 0.2) is 60.9 Å². The van der Waals surface area contributed by atoms with E-state index < -0.39 is 11.7 Å². The lowest BCUT2D eigenvalue weighted by atomic mass is 9.90. The number of aryl methyl sites for hydroxylation is 2. The Kier molecular flexibility index (Phi) is 6.07. The Bertz CT molecular complexity index is 1440. The smallest absolute Gasteiger partial charge is 0.383 e. The van der Waals surface area contributed by atoms with Crippen LogP contribution in [0.2, 0.25) is 0 Å². The number of nitrogens with zero attached hydrogens (tertiary/aromatic N) is 4. The third-order valence-corrected chi connectivity index (χ3v) is 6.58. The average Bonchev–Trinajstić information content (AvgIpc) is 2.87. The number of nitrogens with two attached hydrogens (primary N) is 1. The standard InChI is InChI=1S/C27H24F3N5O/c1-16-12-19-13-18(7-10-22(19)34-25(16)31)26(36)35(15-21-9-8-20(14-33-21)27(28,29)30)23-6-2-4-17-5-3-11-32-24(17)23/h3,5,7-14,23H,2,4,6,15H2,1H3,(H2,31,34)/t23-/m1/s1. The van der Waals surface area contributed by atoms with E-state index in [1.54, 1.807) is 29.3 Å². The zero-order valence-corrected chi connectivity index (χ0v) is 19.6. The Morgan fingerprint density at radius 1 is 1.14 bits per heavy atom. The first-order valence-electron chi connectivity index (χ1n) is 11.6. The third kappa shape index (κ3) is 4.60. The van der Waals surface area contributed by atoms with Gasteiger partial charge in [-0.05, 0) is 79.8 Å². The van der Waals surface area contributed by atoms with Gasteiger partial charge in [-0.25, -0.2) is 4.98 Å². The van der Waals surface area contributed by atoms with E-state index >= 15 is 0 Å². The number of alkyl halides is 3. The van der Waals surface area contributed by atoms with Crippen molar-refractivity contribution in [3.8, 4) is 0 Å². The van der Waals surface area contributed by atoms with Gasteiger partial charge in [-0.3, -0.25) is 14.8 Å². The molecule has 0 aliphatic heterocycles. The number of hydrogen-bond acceptors (Lipinski definition) is 5. The second kappa shape index (κ2) is 9.22. The monoisotopic (exact) mass is 491 g/mol. The number of fused-ring (bicyclic) bond motifs is 2. The van der Waals surface area contributed by atoms with Gasteiger partial charge >= 0.3 is 6.18 Å². The molecule has 6 nitrogen and oxygen atoms in total. The van der Waals surface area contributed by atoms with Crippen molar-refractivity contribution < 1.29 is 18.0 Å². The fourth-order valence-corrected chi connectivity index (χ4v) is 4.67. The first-order valence-corrected chi connectivity index (χ1v) is 11.6. The number of aromatic nitrogens is 3. The number of carbonyl (C=O) groups is 1. The second-order valence-electron chi connectivity index (χ2n) is 9.02. The molecule has 0 fully saturated rings. The van der Waals surface area contributed by atoms with Crippen LogP contribution in [0.4, 0.5) is 19.0 Å². The molecule has 0 bridgehead atoms. The predicted octanol–water partition coefficient (Wildman–Crippen LogP) is 5.65. The van der Waals surface area contributed by atoms with E-state index in [4.69, 9.17) is 5.73 Å². The summed E-state index contributed by atoms with van der Waals surface area (Å²) in [5, 5.41) is 0.780. The molecule has 0 saturated carbocycles. The Balaban J connectivity index is 1.54. The molecule has 1 atom stereocenters. The largest absolute Gasteiger partial charge is 0.417 e. The summed E-state index contributed by atoms with van der Waals surface area (Å²) in [4.78, 5) is 28.6. The highest BCUT2D eigenvalue weighted by molar-refractivity contribution is 5.98. The molecule has 4 aromatic rings. The van der Waals surface area contributed by atoms with Gasteiger partial charge < -0.3 is 10.6 Å². The molecule has 0 spiro atoms. The van der Waals surface area contributed by atoms with Crippen LogP contribution < -0.4 is 5.73 Å². The summed E-state index contributed by atoms with van der Waals surface area (Å²) in [5.41, 5.74) is 9.28. The van der Waals surface area contributed by atoms with Crippen molar-refractivity contribution in [2.45, 2.75) is 44.9 Å². The maximum absolute atomic E-state index is 13.9. The van der Waals surface area contributed by atoms with E-state index in [1.807, 2.05) is 25.1 Å². The number of benzene rings is 1. The molecule has 184 valence electrons. The predicted molar refractivity (Wildman–Crippen MR) is 130 cm³/mol. The topological polar surface area (TPSA) is 85.0 Å². The zero-order valence-electron chi connectivity index (χ0n) is 19.6. The summed E-state index contributed by atoms with van der Waals surface area (Å²) < 4.78 is 39.1. The van der Waals surface area contributed by atoms with Crippen LogP contribution in [-0.2, 0) is 19.1 Å². The van der Waals surface area contributed by atoms with E-state index in [2.05, 4.69) is 15.0 Å². The van der Waals surface area contributed by atoms with Crippen molar-refractivity contribution in [2.75, 3.05) is 5.73 Å². The van der Waals surface area contributed by atoms with E-state index in [9.17, 15) is 18.0 Å². The molecule has 5 rings (SSSR count). The van der Waals surface area contributed by atoms with Crippen LogP contribution in [-0.4, -0.2) is 25.8 Å². The summed E-state index contributed by atoms with van der Waals surface area (Å²) in [6.45, 7) is 1.90. The lowest BCUT2D eigenvalue weighted by Gasteiger charge is -2.35. The van der Waals surface area contributed by atoms with Gasteiger partial charge in [0.25, 0.3) is 5.91 Å². The number of carbonyl (C=O) groups excluding carboxylic acids is 1. The molecule has 0 saturated heterocycles. The molecule has 1 amide bonds. The molecular formula is C27H24F3N5O. The van der Waals surface area contributed by atoms with Crippen molar-refractivity contribution in [3.63, 3.8) is 0 Å². The van der Waals surface area contributed by atoms with Gasteiger partial charge in [0.05, 0.1) is 35.1 Å². The molecule has 9 heteroatoms. The maximum Gasteiger partial charge on any atom is 0.417 e. The third-order valence-electron chi connectivity index (χ3n) is 6.58. The van der Waals surface area contributed by atoms with E-state index in [1.165, 1.54) is 6.07 Å². The first-order chi connectivity index (χ1) is 17.2. The Labute approximate surface area is 206 Å². The van der Waals surface area contributed by atoms with Gasteiger partial charge in [0.2, 0.25) is 0 Å². The van der Waals surface area contributed by atoms with Crippen molar-refractivity contribution in [1.82, 2.24) is 19.9 Å². The van der Waals surface area contributed by atoms with E-state index in [0.29, 0.717) is 29.0 Å². The zero-order chi connectivity index (χ0) is 25.4. The number of halogens is 3. The maximum atomic E-state index is 13.9. The fraction of sp³-hybridized carbons (Fsp3) is 0.259. The number of nitrogen functional groups attached to an aromatic ring is 1. The Morgan fingerprint density at radius 3 is 2.72 bits per heavy atom. The molecular weight excluding hydrogens is 467 g/mol. The van der Waals surface area contributed by atoms with Crippen LogP contribution in [0, 0.1) is 6.92 Å². The van der Waals surface area contributed by atoms with Gasteiger partial charge in [-0.2, -0.15) is 13.2 Å². The van der Waals surface area contributed by atoms with Gasteiger partial charge in [-0.15, -0.1) is 0 Å². The minimum atomic E-state index is -4.48. The van der Waals surface area contributed by atoms with Gasteiger partial charge in [-0.1, -0.05) is 6.07 Å². The Morgan fingerprint density at radius 2 is 1.97 bits per heavy atom. The van der Waals surface area contributed by atoms with E-state index in [-0.39, 0.29) is 18.5 Å². The molecule has 3 aromatic heterocycles. The lowest BCUT2D eigenvalue weighted by Crippen LogP contribution is -2.37. The van der Waals surface area contributed by atoms with Gasteiger partial charge in [0.15, 0.2) is 0 Å². The normalized spacial score (nSPS) is 15.5. The highest BCUT2D eigenvalue weighted by atomic mass is 19.4. The molecule has 36 heavy (non-hydrogen) atoms. The van der Waals surface area contributed by atoms with Crippen molar-refractivity contribution in [3.05, 3.63) is 94.6 Å². The SMILES string of the molecule is Cc1cc2cc(C(=O)N(Cc3ccc(C(F)(F)F)cn3)[C@@H]3CCCc4cccnc43)ccc2nc1N. The van der Waals surface area contributed by atoms with Crippen LogP contribution in [0.3, 0.4) is 0 Å². The number of rotatable bonds is 4. The number of pyridine rings is 3. The van der Waals surface area contributed by atoms with Gasteiger partial charge in [0, 0.05) is 23.3 Å². The highest BCUT2D eigenvalue weighted by Gasteiger charge is 2.33. The molecule has 2 N–H and O–H groups in total. The second-order valence-corrected chi connectivity index (χ2v) is 9.02. The first kappa shape index (κ1) is 23.7. The summed E-state index contributed by atoms with van der Waals surface area (Å²) >= 11 is 0. The number of anilines is 1. The van der Waals surface area contributed by atoms with Gasteiger partial charge in [0.1, 0.15) is 5.82 Å². The summed E-state index contributed by atoms with van der Waals surface area (Å²) in [6.07, 6.45) is 0.455. The van der Waals surface area contributed by atoms with Crippen LogP contribution in [0.1, 0.15) is 57.3 Å². The van der Waals surface area contributed by atoms with Crippen LogP contribution >= 0.6 is 0 Å². The summed E-state index contributed by atoms with van der Waals surface area (Å²) in [6, 6.07) is 13.0. The lowest BCUT2D eigenvalue weighted by molar-refractivity contribution is -0.137. The van der Waals surface area contributed by atoms with Crippen molar-refractivity contribution >= 4 is 22.6 Å². The minimum absolute atomic E-state index is 0.0503. The van der Waals surface area contributed by atoms with Crippen molar-refractivity contribution in [2.24, 2.45) is 0 Å². The molecule has 0 unspecified atom stereocenters. The van der Waals surface area contributed by atoms with Crippen molar-refractivity contribution in [1.29, 1.82) is 0 Å². The quantitative estimate of drug-likeness (QED) is 0.399.